The maximum absolute atomic E-state index is 12.8. The van der Waals surface area contributed by atoms with E-state index in [1.807, 2.05) is 0 Å². The molecule has 0 unspecified atom stereocenters. The van der Waals surface area contributed by atoms with E-state index >= 15 is 0 Å². The molecule has 11 heteroatoms. The molecule has 0 heterocycles. The monoisotopic (exact) mass is 318 g/mol. The first-order valence-corrected chi connectivity index (χ1v) is 4.70. The second kappa shape index (κ2) is 5.52. The fourth-order valence-corrected chi connectivity index (χ4v) is 0.903. The average Bonchev–Trinajstić information content (AvgIpc) is 2.26. The molecule has 0 aliphatic rings. The highest BCUT2D eigenvalue weighted by Gasteiger charge is 2.81. The molecule has 0 saturated carbocycles. The van der Waals surface area contributed by atoms with E-state index in [-0.39, 0.29) is 0 Å². The zero-order chi connectivity index (χ0) is 16.4. The third kappa shape index (κ3) is 3.37. The lowest BCUT2D eigenvalue weighted by molar-refractivity contribution is -0.397. The van der Waals surface area contributed by atoms with Gasteiger partial charge in [0, 0.05) is 6.08 Å². The molecule has 0 N–H and O–H groups in total. The van der Waals surface area contributed by atoms with Gasteiger partial charge in [-0.05, 0) is 0 Å². The fourth-order valence-electron chi connectivity index (χ4n) is 0.903. The minimum absolute atomic E-state index is 0.459. The van der Waals surface area contributed by atoms with Crippen LogP contribution in [0.3, 0.4) is 0 Å². The standard InChI is InChI=1S/C9H7F9O2/c1-2-5(19)20-4-3-6(10,11)7(12,13)8(14,15)9(16,17)18/h2H,1,3-4H2. The van der Waals surface area contributed by atoms with E-state index in [0.717, 1.165) is 0 Å². The zero-order valence-electron chi connectivity index (χ0n) is 9.42. The summed E-state index contributed by atoms with van der Waals surface area (Å²) in [5.74, 6) is -20.7. The summed E-state index contributed by atoms with van der Waals surface area (Å²) in [6.07, 6.45) is -8.62. The van der Waals surface area contributed by atoms with Gasteiger partial charge in [0.25, 0.3) is 0 Å². The van der Waals surface area contributed by atoms with Crippen molar-refractivity contribution in [1.82, 2.24) is 0 Å². The van der Waals surface area contributed by atoms with Crippen molar-refractivity contribution in [3.05, 3.63) is 12.7 Å². The summed E-state index contributed by atoms with van der Waals surface area (Å²) in [4.78, 5) is 10.4. The van der Waals surface area contributed by atoms with Gasteiger partial charge in [-0.2, -0.15) is 39.5 Å². The molecule has 118 valence electrons. The van der Waals surface area contributed by atoms with E-state index in [9.17, 15) is 44.3 Å². The van der Waals surface area contributed by atoms with E-state index in [1.54, 1.807) is 0 Å². The van der Waals surface area contributed by atoms with E-state index in [4.69, 9.17) is 0 Å². The summed E-state index contributed by atoms with van der Waals surface area (Å²) in [6.45, 7) is 1.33. The molecular weight excluding hydrogens is 311 g/mol. The third-order valence-corrected chi connectivity index (χ3v) is 2.04. The summed E-state index contributed by atoms with van der Waals surface area (Å²) in [5, 5.41) is 0. The highest BCUT2D eigenvalue weighted by atomic mass is 19.4. The molecule has 0 aromatic rings. The second-order valence-corrected chi connectivity index (χ2v) is 3.47. The van der Waals surface area contributed by atoms with E-state index < -0.39 is 42.9 Å². The van der Waals surface area contributed by atoms with Gasteiger partial charge in [0.15, 0.2) is 0 Å². The first-order chi connectivity index (χ1) is 8.70. The number of rotatable bonds is 6. The summed E-state index contributed by atoms with van der Waals surface area (Å²) >= 11 is 0. The summed E-state index contributed by atoms with van der Waals surface area (Å²) in [6, 6.07) is 0. The van der Waals surface area contributed by atoms with Gasteiger partial charge >= 0.3 is 29.9 Å². The summed E-state index contributed by atoms with van der Waals surface area (Å²) < 4.78 is 115. The molecule has 0 saturated heterocycles. The molecule has 0 aliphatic carbocycles. The zero-order valence-corrected chi connectivity index (χ0v) is 9.42. The minimum atomic E-state index is -6.94. The number of ether oxygens (including phenoxy) is 1. The first kappa shape index (κ1) is 18.6. The third-order valence-electron chi connectivity index (χ3n) is 2.04. The van der Waals surface area contributed by atoms with Crippen molar-refractivity contribution in [2.45, 2.75) is 30.4 Å². The molecule has 2 nitrogen and oxygen atoms in total. The van der Waals surface area contributed by atoms with Crippen LogP contribution in [0.1, 0.15) is 6.42 Å². The fraction of sp³-hybridized carbons (Fsp3) is 0.667. The van der Waals surface area contributed by atoms with Crippen LogP contribution in [0.2, 0.25) is 0 Å². The van der Waals surface area contributed by atoms with Crippen molar-refractivity contribution in [3.63, 3.8) is 0 Å². The second-order valence-electron chi connectivity index (χ2n) is 3.47. The van der Waals surface area contributed by atoms with Crippen molar-refractivity contribution < 1.29 is 49.0 Å². The number of esters is 1. The molecule has 0 atom stereocenters. The Balaban J connectivity index is 5.07. The highest BCUT2D eigenvalue weighted by Crippen LogP contribution is 2.53. The summed E-state index contributed by atoms with van der Waals surface area (Å²) in [5.41, 5.74) is 0. The SMILES string of the molecule is C=CC(=O)OCCC(F)(F)C(F)(F)C(F)(F)C(F)(F)F. The van der Waals surface area contributed by atoms with Crippen LogP contribution in [-0.4, -0.2) is 36.5 Å². The number of hydrogen-bond donors (Lipinski definition) is 0. The normalized spacial score (nSPS) is 14.1. The van der Waals surface area contributed by atoms with E-state index in [2.05, 4.69) is 11.3 Å². The number of carbonyl (C=O) groups excluding carboxylic acids is 1. The highest BCUT2D eigenvalue weighted by molar-refractivity contribution is 5.81. The smallest absolute Gasteiger partial charge is 0.460 e. The van der Waals surface area contributed by atoms with Gasteiger partial charge in [-0.25, -0.2) is 4.79 Å². The van der Waals surface area contributed by atoms with Gasteiger partial charge in [-0.15, -0.1) is 0 Å². The molecule has 0 aromatic heterocycles. The van der Waals surface area contributed by atoms with Crippen LogP contribution >= 0.6 is 0 Å². The van der Waals surface area contributed by atoms with Crippen molar-refractivity contribution in [2.75, 3.05) is 6.61 Å². The Kier molecular flexibility index (Phi) is 5.13. The molecule has 0 amide bonds. The Morgan fingerprint density at radius 3 is 1.75 bits per heavy atom. The van der Waals surface area contributed by atoms with Gasteiger partial charge in [0.1, 0.15) is 0 Å². The molecule has 0 fully saturated rings. The van der Waals surface area contributed by atoms with Crippen LogP contribution < -0.4 is 0 Å². The first-order valence-electron chi connectivity index (χ1n) is 4.70. The Hall–Kier alpha value is -1.42. The largest absolute Gasteiger partial charge is 0.462 e. The van der Waals surface area contributed by atoms with Crippen molar-refractivity contribution >= 4 is 5.97 Å². The van der Waals surface area contributed by atoms with Crippen LogP contribution in [-0.2, 0) is 9.53 Å². The van der Waals surface area contributed by atoms with Crippen molar-refractivity contribution in [2.24, 2.45) is 0 Å². The molecule has 20 heavy (non-hydrogen) atoms. The van der Waals surface area contributed by atoms with Crippen LogP contribution in [0.15, 0.2) is 12.7 Å². The molecule has 0 aliphatic heterocycles. The van der Waals surface area contributed by atoms with Gasteiger partial charge in [-0.1, -0.05) is 6.58 Å². The molecule has 0 bridgehead atoms. The lowest BCUT2D eigenvalue weighted by Gasteiger charge is -2.33. The van der Waals surface area contributed by atoms with Gasteiger partial charge in [0.2, 0.25) is 0 Å². The van der Waals surface area contributed by atoms with Crippen molar-refractivity contribution in [3.8, 4) is 0 Å². The Morgan fingerprint density at radius 1 is 0.950 bits per heavy atom. The minimum Gasteiger partial charge on any atom is -0.462 e. The van der Waals surface area contributed by atoms with Crippen LogP contribution in [0.25, 0.3) is 0 Å². The number of alkyl halides is 9. The molecular formula is C9H7F9O2. The lowest BCUT2D eigenvalue weighted by atomic mass is 10.0. The predicted molar refractivity (Wildman–Crippen MR) is 46.7 cm³/mol. The van der Waals surface area contributed by atoms with Crippen LogP contribution in [0.5, 0.6) is 0 Å². The van der Waals surface area contributed by atoms with Gasteiger partial charge < -0.3 is 4.74 Å². The quantitative estimate of drug-likeness (QED) is 0.425. The summed E-state index contributed by atoms with van der Waals surface area (Å²) in [7, 11) is 0. The van der Waals surface area contributed by atoms with Gasteiger partial charge in [-0.3, -0.25) is 0 Å². The Labute approximate surface area is 106 Å². The average molecular weight is 318 g/mol. The number of carbonyl (C=O) groups is 1. The molecule has 0 spiro atoms. The van der Waals surface area contributed by atoms with E-state index in [0.29, 0.717) is 6.08 Å². The topological polar surface area (TPSA) is 26.3 Å². The van der Waals surface area contributed by atoms with Crippen LogP contribution in [0, 0.1) is 0 Å². The Morgan fingerprint density at radius 2 is 1.40 bits per heavy atom. The van der Waals surface area contributed by atoms with Crippen LogP contribution in [0.4, 0.5) is 39.5 Å². The lowest BCUT2D eigenvalue weighted by Crippen LogP contribution is -2.61. The van der Waals surface area contributed by atoms with Gasteiger partial charge in [0.05, 0.1) is 13.0 Å². The number of halogens is 9. The maximum atomic E-state index is 12.8. The maximum Gasteiger partial charge on any atom is 0.460 e. The molecule has 0 radical (unpaired) electrons. The molecule has 0 rings (SSSR count). The van der Waals surface area contributed by atoms with Crippen molar-refractivity contribution in [1.29, 1.82) is 0 Å². The molecule has 0 aromatic carbocycles. The Bertz CT molecular complexity index is 372. The number of hydrogen-bond acceptors (Lipinski definition) is 2. The van der Waals surface area contributed by atoms with E-state index in [1.165, 1.54) is 0 Å². The predicted octanol–water partition coefficient (Wildman–Crippen LogP) is 3.57.